The number of ether oxygens (including phenoxy) is 3. The molecule has 0 aromatic heterocycles. The van der Waals surface area contributed by atoms with Gasteiger partial charge in [-0.15, -0.1) is 0 Å². The van der Waals surface area contributed by atoms with Crippen molar-refractivity contribution in [1.82, 2.24) is 10.6 Å². The first kappa shape index (κ1) is 24.3. The molecular weight excluding hydrogens is 406 g/mol. The van der Waals surface area contributed by atoms with Crippen molar-refractivity contribution in [1.29, 1.82) is 0 Å². The number of methoxy groups -OCH3 is 1. The highest BCUT2D eigenvalue weighted by molar-refractivity contribution is 7.90. The molecule has 30 heavy (non-hydrogen) atoms. The summed E-state index contributed by atoms with van der Waals surface area (Å²) in [5.41, 5.74) is 1.00. The maximum Gasteiger partial charge on any atom is 0.191 e. The summed E-state index contributed by atoms with van der Waals surface area (Å²) in [5, 5.41) is 6.41. The van der Waals surface area contributed by atoms with Gasteiger partial charge in [0, 0.05) is 31.0 Å². The molecule has 0 heterocycles. The molecule has 0 amide bonds. The van der Waals surface area contributed by atoms with Crippen molar-refractivity contribution in [3.05, 3.63) is 23.8 Å². The lowest BCUT2D eigenvalue weighted by atomic mass is 10.2. The van der Waals surface area contributed by atoms with Gasteiger partial charge in [-0.1, -0.05) is 0 Å². The molecule has 1 aliphatic rings. The highest BCUT2D eigenvalue weighted by atomic mass is 32.2. The summed E-state index contributed by atoms with van der Waals surface area (Å²) in [6.45, 7) is 4.33. The lowest BCUT2D eigenvalue weighted by molar-refractivity contribution is 0.154. The molecule has 0 atom stereocenters. The van der Waals surface area contributed by atoms with Crippen molar-refractivity contribution in [3.8, 4) is 11.5 Å². The normalized spacial score (nSPS) is 15.2. The van der Waals surface area contributed by atoms with E-state index in [9.17, 15) is 8.42 Å². The van der Waals surface area contributed by atoms with Crippen LogP contribution in [0.5, 0.6) is 11.5 Å². The van der Waals surface area contributed by atoms with Crippen LogP contribution >= 0.6 is 0 Å². The van der Waals surface area contributed by atoms with E-state index in [1.807, 2.05) is 25.1 Å². The van der Waals surface area contributed by atoms with E-state index in [1.54, 1.807) is 7.11 Å². The Hall–Kier alpha value is -2.00. The van der Waals surface area contributed by atoms with E-state index in [1.165, 1.54) is 19.1 Å². The summed E-state index contributed by atoms with van der Waals surface area (Å²) in [4.78, 5) is 4.65. The van der Waals surface area contributed by atoms with Gasteiger partial charge >= 0.3 is 0 Å². The minimum Gasteiger partial charge on any atom is -0.497 e. The number of aliphatic imine (C=N–C) groups is 1. The number of sulfone groups is 1. The van der Waals surface area contributed by atoms with Gasteiger partial charge in [-0.25, -0.2) is 13.4 Å². The standard InChI is InChI=1S/C21H35N3O5S/c1-4-22-21(23-11-12-28-13-14-30(3,25)26)24-16-17-9-10-19(27-2)15-20(17)29-18-7-5-6-8-18/h9-10,15,18H,4-8,11-14,16H2,1-3H3,(H2,22,23,24). The van der Waals surface area contributed by atoms with Crippen molar-refractivity contribution < 1.29 is 22.6 Å². The van der Waals surface area contributed by atoms with Crippen molar-refractivity contribution in [3.63, 3.8) is 0 Å². The van der Waals surface area contributed by atoms with E-state index < -0.39 is 9.84 Å². The fraction of sp³-hybridized carbons (Fsp3) is 0.667. The third-order valence-electron chi connectivity index (χ3n) is 4.76. The predicted octanol–water partition coefficient (Wildman–Crippen LogP) is 2.13. The van der Waals surface area contributed by atoms with Crippen LogP contribution in [-0.4, -0.2) is 65.9 Å². The minimum atomic E-state index is -3.00. The third kappa shape index (κ3) is 9.21. The van der Waals surface area contributed by atoms with Gasteiger partial charge in [-0.05, 0) is 44.7 Å². The van der Waals surface area contributed by atoms with Gasteiger partial charge in [0.05, 0.1) is 38.7 Å². The van der Waals surface area contributed by atoms with Crippen molar-refractivity contribution >= 4 is 15.8 Å². The number of hydrogen-bond acceptors (Lipinski definition) is 6. The molecule has 1 aromatic rings. The second-order valence-corrected chi connectivity index (χ2v) is 9.62. The average Bonchev–Trinajstić information content (AvgIpc) is 3.21. The van der Waals surface area contributed by atoms with Crippen LogP contribution in [0.25, 0.3) is 0 Å². The van der Waals surface area contributed by atoms with E-state index in [-0.39, 0.29) is 18.5 Å². The third-order valence-corrected chi connectivity index (χ3v) is 5.67. The molecule has 1 saturated carbocycles. The summed E-state index contributed by atoms with van der Waals surface area (Å²) >= 11 is 0. The lowest BCUT2D eigenvalue weighted by Gasteiger charge is -2.17. The summed E-state index contributed by atoms with van der Waals surface area (Å²) in [6.07, 6.45) is 6.06. The van der Waals surface area contributed by atoms with E-state index >= 15 is 0 Å². The SMILES string of the molecule is CCNC(=NCc1ccc(OC)cc1OC1CCCC1)NCCOCCS(C)(=O)=O. The highest BCUT2D eigenvalue weighted by Crippen LogP contribution is 2.30. The molecule has 1 fully saturated rings. The van der Waals surface area contributed by atoms with Crippen LogP contribution in [0.15, 0.2) is 23.2 Å². The monoisotopic (exact) mass is 441 g/mol. The Balaban J connectivity index is 1.92. The fourth-order valence-electron chi connectivity index (χ4n) is 3.15. The van der Waals surface area contributed by atoms with Crippen molar-refractivity contribution in [2.75, 3.05) is 45.4 Å². The quantitative estimate of drug-likeness (QED) is 0.291. The molecular formula is C21H35N3O5S. The summed E-state index contributed by atoms with van der Waals surface area (Å²) in [6, 6.07) is 5.84. The van der Waals surface area contributed by atoms with Crippen LogP contribution < -0.4 is 20.1 Å². The molecule has 0 bridgehead atoms. The molecule has 1 aliphatic carbocycles. The largest absolute Gasteiger partial charge is 0.497 e. The van der Waals surface area contributed by atoms with Crippen LogP contribution in [0.2, 0.25) is 0 Å². The van der Waals surface area contributed by atoms with E-state index in [0.29, 0.717) is 25.7 Å². The molecule has 2 N–H and O–H groups in total. The first-order chi connectivity index (χ1) is 14.4. The second-order valence-electron chi connectivity index (χ2n) is 7.36. The van der Waals surface area contributed by atoms with Crippen LogP contribution in [0, 0.1) is 0 Å². The topological polar surface area (TPSA) is 98.2 Å². The minimum absolute atomic E-state index is 0.0302. The molecule has 2 rings (SSSR count). The Labute approximate surface area is 180 Å². The summed E-state index contributed by atoms with van der Waals surface area (Å²) in [5.74, 6) is 2.30. The first-order valence-corrected chi connectivity index (χ1v) is 12.6. The molecule has 0 spiro atoms. The number of rotatable bonds is 12. The van der Waals surface area contributed by atoms with Crippen LogP contribution in [0.4, 0.5) is 0 Å². The van der Waals surface area contributed by atoms with Gasteiger partial charge in [0.1, 0.15) is 21.3 Å². The zero-order valence-corrected chi connectivity index (χ0v) is 19.1. The van der Waals surface area contributed by atoms with E-state index in [4.69, 9.17) is 14.2 Å². The molecule has 8 nitrogen and oxygen atoms in total. The number of benzene rings is 1. The number of guanidine groups is 1. The Morgan fingerprint density at radius 3 is 2.63 bits per heavy atom. The van der Waals surface area contributed by atoms with Crippen molar-refractivity contribution in [2.24, 2.45) is 4.99 Å². The second kappa shape index (κ2) is 12.6. The van der Waals surface area contributed by atoms with Gasteiger partial charge in [-0.3, -0.25) is 0 Å². The van der Waals surface area contributed by atoms with Gasteiger partial charge in [0.25, 0.3) is 0 Å². The summed E-state index contributed by atoms with van der Waals surface area (Å²) < 4.78 is 39.2. The predicted molar refractivity (Wildman–Crippen MR) is 119 cm³/mol. The Morgan fingerprint density at radius 2 is 1.97 bits per heavy atom. The molecule has 0 aliphatic heterocycles. The van der Waals surface area contributed by atoms with Crippen LogP contribution in [-0.2, 0) is 21.1 Å². The lowest BCUT2D eigenvalue weighted by Crippen LogP contribution is -2.39. The fourth-order valence-corrected chi connectivity index (χ4v) is 3.57. The zero-order chi connectivity index (χ0) is 21.8. The first-order valence-electron chi connectivity index (χ1n) is 10.5. The van der Waals surface area contributed by atoms with Crippen LogP contribution in [0.3, 0.4) is 0 Å². The number of nitrogens with one attached hydrogen (secondary N) is 2. The van der Waals surface area contributed by atoms with Gasteiger partial charge in [0.2, 0.25) is 0 Å². The number of hydrogen-bond donors (Lipinski definition) is 2. The zero-order valence-electron chi connectivity index (χ0n) is 18.3. The van der Waals surface area contributed by atoms with Crippen LogP contribution in [0.1, 0.15) is 38.2 Å². The number of nitrogens with zero attached hydrogens (tertiary/aromatic N) is 1. The van der Waals surface area contributed by atoms with E-state index in [0.717, 1.165) is 36.4 Å². The maximum absolute atomic E-state index is 11.1. The smallest absolute Gasteiger partial charge is 0.191 e. The average molecular weight is 442 g/mol. The summed E-state index contributed by atoms with van der Waals surface area (Å²) in [7, 11) is -1.35. The highest BCUT2D eigenvalue weighted by Gasteiger charge is 2.18. The molecule has 0 saturated heterocycles. The Bertz CT molecular complexity index is 777. The Morgan fingerprint density at radius 1 is 1.20 bits per heavy atom. The molecule has 9 heteroatoms. The van der Waals surface area contributed by atoms with Gasteiger partial charge < -0.3 is 24.8 Å². The van der Waals surface area contributed by atoms with E-state index in [2.05, 4.69) is 15.6 Å². The van der Waals surface area contributed by atoms with Crippen molar-refractivity contribution in [2.45, 2.75) is 45.3 Å². The van der Waals surface area contributed by atoms with Gasteiger partial charge in [-0.2, -0.15) is 0 Å². The molecule has 0 radical (unpaired) electrons. The van der Waals surface area contributed by atoms with Gasteiger partial charge in [0.15, 0.2) is 5.96 Å². The Kier molecular flexibility index (Phi) is 10.2. The maximum atomic E-state index is 11.1. The molecule has 170 valence electrons. The molecule has 0 unspecified atom stereocenters. The molecule has 1 aromatic carbocycles.